The Morgan fingerprint density at radius 2 is 0.667 bits per heavy atom. The van der Waals surface area contributed by atoms with Crippen molar-refractivity contribution in [3.05, 3.63) is 125 Å². The van der Waals surface area contributed by atoms with Gasteiger partial charge in [-0.15, -0.1) is 15.3 Å². The van der Waals surface area contributed by atoms with E-state index in [9.17, 15) is 25.8 Å². The summed E-state index contributed by atoms with van der Waals surface area (Å²) in [5.41, 5.74) is 3.05. The Balaban J connectivity index is 0.000000108. The number of fused-ring (bicyclic) bond motifs is 3. The van der Waals surface area contributed by atoms with Crippen LogP contribution in [0.25, 0.3) is 0 Å². The lowest BCUT2D eigenvalue weighted by atomic mass is 10.0. The highest BCUT2D eigenvalue weighted by molar-refractivity contribution is 7.86. The summed E-state index contributed by atoms with van der Waals surface area (Å²) in [6.07, 6.45) is 3.43. The number of benzene rings is 3. The van der Waals surface area contributed by atoms with Gasteiger partial charge in [0, 0.05) is 35.0 Å². The standard InChI is InChI=1S/3C14H14FN3OS/c3*15-11-8-12(9-4-2-1-3-5-9)18-13(11)16-14(17-18)20(19)10-6-7-10/h3*1-5,10-12H,6-8H2/t11-,12-,20?;11-,12-,20+;11-,12-,20-/m000/s1. The molecule has 9 atom stereocenters. The molecule has 6 heterocycles. The highest BCUT2D eigenvalue weighted by atomic mass is 32.2. The number of aromatic nitrogens is 9. The van der Waals surface area contributed by atoms with Crippen LogP contribution in [0.4, 0.5) is 13.2 Å². The summed E-state index contributed by atoms with van der Waals surface area (Å²) in [4.78, 5) is 12.6. The van der Waals surface area contributed by atoms with Gasteiger partial charge in [0.2, 0.25) is 15.5 Å². The smallest absolute Gasteiger partial charge is 0.239 e. The lowest BCUT2D eigenvalue weighted by molar-refractivity contribution is 0.326. The number of rotatable bonds is 9. The molecular weight excluding hydrogens is 832 g/mol. The van der Waals surface area contributed by atoms with Crippen LogP contribution in [0, 0.1) is 0 Å². The van der Waals surface area contributed by atoms with E-state index >= 15 is 0 Å². The summed E-state index contributed by atoms with van der Waals surface area (Å²) >= 11 is 0. The molecule has 3 fully saturated rings. The Kier molecular flexibility index (Phi) is 10.7. The molecule has 3 aliphatic carbocycles. The summed E-state index contributed by atoms with van der Waals surface area (Å²) in [5.74, 6) is 0.966. The fourth-order valence-electron chi connectivity index (χ4n) is 7.88. The lowest BCUT2D eigenvalue weighted by Gasteiger charge is -2.11. The van der Waals surface area contributed by atoms with Crippen molar-refractivity contribution in [2.24, 2.45) is 0 Å². The molecule has 6 aliphatic rings. The number of hydrogen-bond acceptors (Lipinski definition) is 9. The van der Waals surface area contributed by atoms with Gasteiger partial charge in [0.05, 0.1) is 50.5 Å². The van der Waals surface area contributed by atoms with E-state index in [1.807, 2.05) is 91.0 Å². The molecule has 3 aromatic heterocycles. The van der Waals surface area contributed by atoms with E-state index in [0.717, 1.165) is 55.2 Å². The molecule has 0 amide bonds. The van der Waals surface area contributed by atoms with Crippen molar-refractivity contribution in [1.29, 1.82) is 0 Å². The van der Waals surface area contributed by atoms with Crippen LogP contribution in [0.2, 0.25) is 0 Å². The van der Waals surface area contributed by atoms with Crippen molar-refractivity contribution in [1.82, 2.24) is 44.3 Å². The second kappa shape index (κ2) is 16.3. The van der Waals surface area contributed by atoms with E-state index in [1.54, 1.807) is 14.0 Å². The zero-order valence-electron chi connectivity index (χ0n) is 32.3. The predicted molar refractivity (Wildman–Crippen MR) is 217 cm³/mol. The first kappa shape index (κ1) is 39.5. The van der Waals surface area contributed by atoms with Gasteiger partial charge in [-0.1, -0.05) is 91.0 Å². The zero-order valence-corrected chi connectivity index (χ0v) is 34.8. The molecule has 0 saturated heterocycles. The van der Waals surface area contributed by atoms with Crippen LogP contribution in [0.5, 0.6) is 0 Å². The summed E-state index contributed by atoms with van der Waals surface area (Å²) in [7, 11) is -3.53. The maximum Gasteiger partial charge on any atom is 0.239 e. The molecule has 12 nitrogen and oxygen atoms in total. The van der Waals surface area contributed by atoms with Crippen molar-refractivity contribution in [3.8, 4) is 0 Å². The molecule has 6 aromatic rings. The maximum atomic E-state index is 14.1. The third-order valence-electron chi connectivity index (χ3n) is 11.5. The fourth-order valence-corrected chi connectivity index (χ4v) is 11.5. The SMILES string of the molecule is O=S(c1nc2n(n1)[C@H](c1ccccc1)C[C@@H]2F)C1CC1.O=[S@@](c1nc2n(n1)[C@H](c1ccccc1)C[C@@H]2F)C1CC1.O=[S@](c1nc2n(n1)[C@H](c1ccccc1)C[C@@H]2F)C1CC1. The van der Waals surface area contributed by atoms with E-state index in [2.05, 4.69) is 30.2 Å². The minimum atomic E-state index is -1.18. The molecule has 0 N–H and O–H groups in total. The zero-order chi connectivity index (χ0) is 41.1. The van der Waals surface area contributed by atoms with Crippen LogP contribution in [0.1, 0.15) is 129 Å². The van der Waals surface area contributed by atoms with Gasteiger partial charge in [-0.2, -0.15) is 0 Å². The van der Waals surface area contributed by atoms with Crippen molar-refractivity contribution in [2.45, 2.75) is 126 Å². The van der Waals surface area contributed by atoms with Crippen LogP contribution in [-0.2, 0) is 32.4 Å². The predicted octanol–water partition coefficient (Wildman–Crippen LogP) is 7.66. The third kappa shape index (κ3) is 7.85. The first-order chi connectivity index (χ1) is 29.2. The number of halogens is 3. The number of alkyl halides is 3. The molecule has 3 aromatic carbocycles. The summed E-state index contributed by atoms with van der Waals surface area (Å²) in [6.45, 7) is 0. The van der Waals surface area contributed by atoms with Crippen molar-refractivity contribution < 1.29 is 25.8 Å². The number of nitrogens with zero attached hydrogens (tertiary/aromatic N) is 9. The molecule has 1 unspecified atom stereocenters. The summed E-state index contributed by atoms with van der Waals surface area (Å²) in [5, 5.41) is 14.4. The van der Waals surface area contributed by atoms with E-state index in [4.69, 9.17) is 0 Å². The average molecular weight is 874 g/mol. The van der Waals surface area contributed by atoms with E-state index in [0.29, 0.717) is 52.2 Å². The summed E-state index contributed by atoms with van der Waals surface area (Å²) < 4.78 is 83.6. The van der Waals surface area contributed by atoms with Gasteiger partial charge in [0.25, 0.3) is 0 Å². The normalized spacial score (nSPS) is 26.4. The average Bonchev–Trinajstić information content (AvgIpc) is 4.24. The molecule has 0 bridgehead atoms. The minimum absolute atomic E-state index is 0.140. The van der Waals surface area contributed by atoms with Crippen LogP contribution in [0.3, 0.4) is 0 Å². The van der Waals surface area contributed by atoms with Crippen LogP contribution < -0.4 is 0 Å². The van der Waals surface area contributed by atoms with Crippen LogP contribution >= 0.6 is 0 Å². The fraction of sp³-hybridized carbons (Fsp3) is 0.429. The van der Waals surface area contributed by atoms with E-state index in [-0.39, 0.29) is 33.9 Å². The highest BCUT2D eigenvalue weighted by Crippen LogP contribution is 2.43. The Morgan fingerprint density at radius 3 is 0.900 bits per heavy atom. The molecular formula is C42H42F3N9O3S3. The maximum absolute atomic E-state index is 14.1. The van der Waals surface area contributed by atoms with Gasteiger partial charge in [-0.05, 0) is 55.2 Å². The highest BCUT2D eigenvalue weighted by Gasteiger charge is 2.41. The van der Waals surface area contributed by atoms with E-state index < -0.39 is 50.9 Å². The monoisotopic (exact) mass is 873 g/mol. The topological polar surface area (TPSA) is 143 Å². The molecule has 312 valence electrons. The largest absolute Gasteiger partial charge is 0.251 e. The first-order valence-electron chi connectivity index (χ1n) is 20.4. The van der Waals surface area contributed by atoms with Crippen LogP contribution in [-0.4, -0.2) is 72.7 Å². The molecule has 18 heteroatoms. The minimum Gasteiger partial charge on any atom is -0.251 e. The van der Waals surface area contributed by atoms with Crippen molar-refractivity contribution in [2.75, 3.05) is 0 Å². The second-order valence-corrected chi connectivity index (χ2v) is 20.9. The van der Waals surface area contributed by atoms with Gasteiger partial charge in [-0.3, -0.25) is 12.6 Å². The Morgan fingerprint density at radius 1 is 0.417 bits per heavy atom. The third-order valence-corrected chi connectivity index (χ3v) is 16.3. The molecule has 3 aliphatic heterocycles. The first-order valence-corrected chi connectivity index (χ1v) is 24.0. The molecule has 3 saturated carbocycles. The molecule has 60 heavy (non-hydrogen) atoms. The second-order valence-electron chi connectivity index (χ2n) is 16.0. The molecule has 0 spiro atoms. The number of hydrogen-bond donors (Lipinski definition) is 0. The van der Waals surface area contributed by atoms with Gasteiger partial charge in [0.15, 0.2) is 36.0 Å². The Bertz CT molecular complexity index is 2280. The molecule has 0 radical (unpaired) electrons. The lowest BCUT2D eigenvalue weighted by Crippen LogP contribution is -2.09. The van der Waals surface area contributed by atoms with Crippen molar-refractivity contribution in [3.63, 3.8) is 0 Å². The van der Waals surface area contributed by atoms with Gasteiger partial charge in [-0.25, -0.2) is 42.2 Å². The van der Waals surface area contributed by atoms with Crippen molar-refractivity contribution >= 4 is 32.4 Å². The van der Waals surface area contributed by atoms with Gasteiger partial charge in [0.1, 0.15) is 0 Å². The van der Waals surface area contributed by atoms with E-state index in [1.165, 1.54) is 0 Å². The van der Waals surface area contributed by atoms with Gasteiger partial charge < -0.3 is 0 Å². The summed E-state index contributed by atoms with van der Waals surface area (Å²) in [6, 6.07) is 28.7. The van der Waals surface area contributed by atoms with Gasteiger partial charge >= 0.3 is 0 Å². The Labute approximate surface area is 351 Å². The van der Waals surface area contributed by atoms with Crippen LogP contribution in [0.15, 0.2) is 106 Å². The molecule has 12 rings (SSSR count). The quantitative estimate of drug-likeness (QED) is 0.143. The Hall–Kier alpha value is -4.68.